The Morgan fingerprint density at radius 1 is 1.32 bits per heavy atom. The molecule has 1 aromatic carbocycles. The molecule has 2 N–H and O–H groups in total. The first-order valence-electron chi connectivity index (χ1n) is 6.97. The summed E-state index contributed by atoms with van der Waals surface area (Å²) in [4.78, 5) is 34.3. The summed E-state index contributed by atoms with van der Waals surface area (Å²) in [5, 5.41) is 21.8. The SMILES string of the molecule is O=C(O)CCNC(=O)N(Cc1ccc([N+](=O)[O-])cc1)C1CC1. The Balaban J connectivity index is 1.95. The molecule has 0 unspecified atom stereocenters. The van der Waals surface area contributed by atoms with Crippen LogP contribution in [-0.2, 0) is 11.3 Å². The van der Waals surface area contributed by atoms with Gasteiger partial charge in [-0.25, -0.2) is 4.79 Å². The summed E-state index contributed by atoms with van der Waals surface area (Å²) in [6, 6.07) is 5.91. The van der Waals surface area contributed by atoms with Crippen molar-refractivity contribution in [1.82, 2.24) is 10.2 Å². The smallest absolute Gasteiger partial charge is 0.317 e. The van der Waals surface area contributed by atoms with Crippen LogP contribution in [-0.4, -0.2) is 39.5 Å². The van der Waals surface area contributed by atoms with Gasteiger partial charge in [-0.1, -0.05) is 12.1 Å². The van der Waals surface area contributed by atoms with Crippen molar-refractivity contribution in [2.24, 2.45) is 0 Å². The van der Waals surface area contributed by atoms with Crippen LogP contribution >= 0.6 is 0 Å². The highest BCUT2D eigenvalue weighted by Gasteiger charge is 2.32. The maximum atomic E-state index is 12.1. The number of nitrogens with zero attached hydrogens (tertiary/aromatic N) is 2. The number of carbonyl (C=O) groups is 2. The first kappa shape index (κ1) is 15.7. The molecular formula is C14H17N3O5. The molecule has 1 saturated carbocycles. The summed E-state index contributed by atoms with van der Waals surface area (Å²) in [5.74, 6) is -0.964. The molecule has 0 heterocycles. The zero-order valence-corrected chi connectivity index (χ0v) is 11.9. The van der Waals surface area contributed by atoms with Gasteiger partial charge in [0.1, 0.15) is 0 Å². The maximum Gasteiger partial charge on any atom is 0.317 e. The van der Waals surface area contributed by atoms with Crippen LogP contribution in [0.15, 0.2) is 24.3 Å². The number of hydrogen-bond acceptors (Lipinski definition) is 4. The van der Waals surface area contributed by atoms with Gasteiger partial charge in [0.2, 0.25) is 0 Å². The van der Waals surface area contributed by atoms with Crippen LogP contribution in [0, 0.1) is 10.1 Å². The average Bonchev–Trinajstić information content (AvgIpc) is 3.29. The normalized spacial score (nSPS) is 13.5. The molecule has 1 aromatic rings. The van der Waals surface area contributed by atoms with Crippen molar-refractivity contribution >= 4 is 17.7 Å². The van der Waals surface area contributed by atoms with E-state index in [0.29, 0.717) is 6.54 Å². The lowest BCUT2D eigenvalue weighted by atomic mass is 10.2. The van der Waals surface area contributed by atoms with Crippen molar-refractivity contribution in [3.8, 4) is 0 Å². The van der Waals surface area contributed by atoms with Crippen LogP contribution in [0.2, 0.25) is 0 Å². The summed E-state index contributed by atoms with van der Waals surface area (Å²) >= 11 is 0. The lowest BCUT2D eigenvalue weighted by molar-refractivity contribution is -0.384. The number of benzene rings is 1. The maximum absolute atomic E-state index is 12.1. The lowest BCUT2D eigenvalue weighted by Crippen LogP contribution is -2.41. The van der Waals surface area contributed by atoms with E-state index in [-0.39, 0.29) is 30.7 Å². The van der Waals surface area contributed by atoms with Gasteiger partial charge in [0.25, 0.3) is 5.69 Å². The fourth-order valence-electron chi connectivity index (χ4n) is 2.05. The van der Waals surface area contributed by atoms with Crippen LogP contribution in [0.1, 0.15) is 24.8 Å². The summed E-state index contributed by atoms with van der Waals surface area (Å²) in [5.41, 5.74) is 0.804. The zero-order valence-electron chi connectivity index (χ0n) is 11.9. The van der Waals surface area contributed by atoms with E-state index in [2.05, 4.69) is 5.32 Å². The molecule has 0 spiro atoms. The number of nitrogens with one attached hydrogen (secondary N) is 1. The Morgan fingerprint density at radius 2 is 1.95 bits per heavy atom. The molecule has 1 aliphatic rings. The second-order valence-corrected chi connectivity index (χ2v) is 5.16. The average molecular weight is 307 g/mol. The quantitative estimate of drug-likeness (QED) is 0.588. The fourth-order valence-corrected chi connectivity index (χ4v) is 2.05. The molecule has 0 radical (unpaired) electrons. The molecule has 0 bridgehead atoms. The van der Waals surface area contributed by atoms with Crippen LogP contribution in [0.5, 0.6) is 0 Å². The zero-order chi connectivity index (χ0) is 16.1. The third-order valence-electron chi connectivity index (χ3n) is 3.36. The molecule has 1 fully saturated rings. The van der Waals surface area contributed by atoms with Crippen LogP contribution in [0.3, 0.4) is 0 Å². The van der Waals surface area contributed by atoms with Crippen molar-refractivity contribution in [1.29, 1.82) is 0 Å². The largest absolute Gasteiger partial charge is 0.481 e. The summed E-state index contributed by atoms with van der Waals surface area (Å²) in [6.07, 6.45) is 1.71. The van der Waals surface area contributed by atoms with Gasteiger partial charge in [-0.15, -0.1) is 0 Å². The highest BCUT2D eigenvalue weighted by Crippen LogP contribution is 2.28. The molecule has 0 aromatic heterocycles. The molecule has 8 nitrogen and oxygen atoms in total. The van der Waals surface area contributed by atoms with Crippen LogP contribution in [0.4, 0.5) is 10.5 Å². The molecule has 0 saturated heterocycles. The number of hydrogen-bond donors (Lipinski definition) is 2. The summed E-state index contributed by atoms with van der Waals surface area (Å²) < 4.78 is 0. The number of rotatable bonds is 7. The van der Waals surface area contributed by atoms with Crippen molar-refractivity contribution in [3.63, 3.8) is 0 Å². The van der Waals surface area contributed by atoms with E-state index in [1.165, 1.54) is 12.1 Å². The number of aliphatic carboxylic acids is 1. The van der Waals surface area contributed by atoms with Gasteiger partial charge in [0.05, 0.1) is 11.3 Å². The van der Waals surface area contributed by atoms with Gasteiger partial charge in [-0.05, 0) is 18.4 Å². The van der Waals surface area contributed by atoms with Gasteiger partial charge in [-0.3, -0.25) is 14.9 Å². The summed E-state index contributed by atoms with van der Waals surface area (Å²) in [6.45, 7) is 0.430. The Labute approximate surface area is 126 Å². The predicted octanol–water partition coefficient (Wildman–Crippen LogP) is 1.74. The van der Waals surface area contributed by atoms with Crippen LogP contribution < -0.4 is 5.32 Å². The Bertz CT molecular complexity index is 568. The molecule has 0 atom stereocenters. The van der Waals surface area contributed by atoms with E-state index < -0.39 is 10.9 Å². The predicted molar refractivity (Wildman–Crippen MR) is 77.3 cm³/mol. The Kier molecular flexibility index (Phi) is 4.92. The van der Waals surface area contributed by atoms with Gasteiger partial charge < -0.3 is 15.3 Å². The number of amides is 2. The lowest BCUT2D eigenvalue weighted by Gasteiger charge is -2.22. The van der Waals surface area contributed by atoms with Gasteiger partial charge in [0, 0.05) is 31.3 Å². The third-order valence-corrected chi connectivity index (χ3v) is 3.36. The minimum absolute atomic E-state index is 0.00707. The minimum atomic E-state index is -0.964. The highest BCUT2D eigenvalue weighted by molar-refractivity contribution is 5.76. The van der Waals surface area contributed by atoms with Gasteiger partial charge in [0.15, 0.2) is 0 Å². The molecule has 22 heavy (non-hydrogen) atoms. The van der Waals surface area contributed by atoms with Crippen molar-refractivity contribution in [3.05, 3.63) is 39.9 Å². The Hall–Kier alpha value is -2.64. The monoisotopic (exact) mass is 307 g/mol. The Morgan fingerprint density at radius 3 is 2.45 bits per heavy atom. The summed E-state index contributed by atoms with van der Waals surface area (Å²) in [7, 11) is 0. The minimum Gasteiger partial charge on any atom is -0.481 e. The van der Waals surface area contributed by atoms with Gasteiger partial charge in [-0.2, -0.15) is 0 Å². The number of nitro groups is 1. The topological polar surface area (TPSA) is 113 Å². The first-order valence-corrected chi connectivity index (χ1v) is 6.97. The molecular weight excluding hydrogens is 290 g/mol. The first-order chi connectivity index (χ1) is 10.5. The van der Waals surface area contributed by atoms with Crippen molar-refractivity contribution in [2.45, 2.75) is 31.8 Å². The molecule has 2 amide bonds. The van der Waals surface area contributed by atoms with Crippen LogP contribution in [0.25, 0.3) is 0 Å². The van der Waals surface area contributed by atoms with Crippen molar-refractivity contribution < 1.29 is 19.6 Å². The number of nitro benzene ring substituents is 1. The molecule has 118 valence electrons. The highest BCUT2D eigenvalue weighted by atomic mass is 16.6. The van der Waals surface area contributed by atoms with E-state index in [9.17, 15) is 19.7 Å². The molecule has 8 heteroatoms. The number of non-ortho nitro benzene ring substituents is 1. The number of urea groups is 1. The number of carboxylic acid groups (broad SMARTS) is 1. The van der Waals surface area contributed by atoms with Crippen molar-refractivity contribution in [2.75, 3.05) is 6.54 Å². The third kappa shape index (κ3) is 4.44. The van der Waals surface area contributed by atoms with E-state index in [1.54, 1.807) is 17.0 Å². The molecule has 2 rings (SSSR count). The van der Waals surface area contributed by atoms with E-state index in [1.807, 2.05) is 0 Å². The van der Waals surface area contributed by atoms with E-state index >= 15 is 0 Å². The second kappa shape index (κ2) is 6.88. The molecule has 1 aliphatic carbocycles. The standard InChI is InChI=1S/C14H17N3O5/c18-13(19)7-8-15-14(20)16(11-5-6-11)9-10-1-3-12(4-2-10)17(21)22/h1-4,11H,5-9H2,(H,15,20)(H,18,19). The van der Waals surface area contributed by atoms with Gasteiger partial charge >= 0.3 is 12.0 Å². The molecule has 0 aliphatic heterocycles. The number of carbonyl (C=O) groups excluding carboxylic acids is 1. The second-order valence-electron chi connectivity index (χ2n) is 5.16. The van der Waals surface area contributed by atoms with E-state index in [4.69, 9.17) is 5.11 Å². The number of carboxylic acids is 1. The van der Waals surface area contributed by atoms with E-state index in [0.717, 1.165) is 18.4 Å². The fraction of sp³-hybridized carbons (Fsp3) is 0.429.